The molecule has 0 bridgehead atoms. The molecule has 1 aromatic carbocycles. The van der Waals surface area contributed by atoms with E-state index in [2.05, 4.69) is 0 Å². The average Bonchev–Trinajstić information content (AvgIpc) is 3.05. The number of esters is 2. The molecule has 0 amide bonds. The number of fused-ring (bicyclic) bond motifs is 3. The highest BCUT2D eigenvalue weighted by Gasteiger charge is 2.50. The fraction of sp³-hybridized carbons (Fsp3) is 0.375. The Morgan fingerprint density at radius 1 is 1.10 bits per heavy atom. The van der Waals surface area contributed by atoms with E-state index in [1.54, 1.807) is 65.8 Å². The first-order valence-electron chi connectivity index (χ1n) is 9.98. The number of carbonyl (C=O) groups excluding carboxylic acids is 2. The molecule has 0 radical (unpaired) electrons. The van der Waals surface area contributed by atoms with E-state index in [1.807, 2.05) is 0 Å². The van der Waals surface area contributed by atoms with Gasteiger partial charge in [0.2, 0.25) is 0 Å². The smallest absolute Gasteiger partial charge is 0.336 e. The Morgan fingerprint density at radius 2 is 1.77 bits per heavy atom. The van der Waals surface area contributed by atoms with Crippen LogP contribution in [0, 0.1) is 0 Å². The molecule has 0 saturated carbocycles. The van der Waals surface area contributed by atoms with E-state index in [0.717, 1.165) is 5.57 Å². The third kappa shape index (κ3) is 4.55. The summed E-state index contributed by atoms with van der Waals surface area (Å²) in [4.78, 5) is 36.8. The number of benzene rings is 1. The lowest BCUT2D eigenvalue weighted by Gasteiger charge is -2.33. The normalized spacial score (nSPS) is 18.2. The van der Waals surface area contributed by atoms with Crippen molar-refractivity contribution in [2.24, 2.45) is 0 Å². The van der Waals surface area contributed by atoms with Crippen LogP contribution in [0.15, 0.2) is 56.8 Å². The quantitative estimate of drug-likeness (QED) is 0.398. The fourth-order valence-corrected chi connectivity index (χ4v) is 3.39. The lowest BCUT2D eigenvalue weighted by atomic mass is 9.93. The summed E-state index contributed by atoms with van der Waals surface area (Å²) >= 11 is 0. The highest BCUT2D eigenvalue weighted by atomic mass is 16.6. The van der Waals surface area contributed by atoms with Gasteiger partial charge in [-0.3, -0.25) is 0 Å². The molecular formula is C24H26O7. The molecule has 31 heavy (non-hydrogen) atoms. The monoisotopic (exact) mass is 426 g/mol. The molecule has 1 aliphatic rings. The minimum Gasteiger partial charge on any atom is -0.481 e. The largest absolute Gasteiger partial charge is 0.481 e. The van der Waals surface area contributed by atoms with Crippen molar-refractivity contribution < 1.29 is 28.2 Å². The van der Waals surface area contributed by atoms with Gasteiger partial charge in [0.05, 0.1) is 5.56 Å². The van der Waals surface area contributed by atoms with Crippen molar-refractivity contribution in [2.45, 2.75) is 59.4 Å². The van der Waals surface area contributed by atoms with E-state index < -0.39 is 35.4 Å². The van der Waals surface area contributed by atoms with Gasteiger partial charge in [-0.25, -0.2) is 14.4 Å². The standard InChI is InChI=1S/C24H26O7/c1-7-14(4)23(27)30-21-19-16(10-8-15-9-11-17(25)29-20(15)19)28-22(21)24(5,6)31-18(26)12-13(2)3/h7-12,21-22H,1-6H3. The maximum Gasteiger partial charge on any atom is 0.336 e. The zero-order valence-electron chi connectivity index (χ0n) is 18.5. The molecule has 1 aliphatic heterocycles. The van der Waals surface area contributed by atoms with Crippen LogP contribution in [0.2, 0.25) is 0 Å². The van der Waals surface area contributed by atoms with Crippen LogP contribution < -0.4 is 10.4 Å². The minimum atomic E-state index is -1.17. The summed E-state index contributed by atoms with van der Waals surface area (Å²) in [6, 6.07) is 6.41. The van der Waals surface area contributed by atoms with E-state index in [0.29, 0.717) is 22.3 Å². The summed E-state index contributed by atoms with van der Waals surface area (Å²) in [6.45, 7) is 10.3. The van der Waals surface area contributed by atoms with Gasteiger partial charge in [0.25, 0.3) is 0 Å². The molecule has 3 rings (SSSR count). The van der Waals surface area contributed by atoms with Gasteiger partial charge in [0, 0.05) is 23.1 Å². The predicted octanol–water partition coefficient (Wildman–Crippen LogP) is 4.39. The van der Waals surface area contributed by atoms with Crippen molar-refractivity contribution >= 4 is 22.9 Å². The van der Waals surface area contributed by atoms with E-state index in [-0.39, 0.29) is 5.58 Å². The van der Waals surface area contributed by atoms with Crippen LogP contribution in [0.25, 0.3) is 11.0 Å². The molecule has 0 saturated heterocycles. The van der Waals surface area contributed by atoms with Crippen LogP contribution in [0.5, 0.6) is 5.75 Å². The Labute approximate surface area is 180 Å². The van der Waals surface area contributed by atoms with Crippen molar-refractivity contribution in [1.82, 2.24) is 0 Å². The van der Waals surface area contributed by atoms with Gasteiger partial charge in [-0.2, -0.15) is 0 Å². The van der Waals surface area contributed by atoms with Crippen LogP contribution in [0.4, 0.5) is 0 Å². The Hall–Kier alpha value is -3.35. The van der Waals surface area contributed by atoms with Crippen LogP contribution in [0.1, 0.15) is 53.2 Å². The third-order valence-corrected chi connectivity index (χ3v) is 5.05. The molecule has 0 fully saturated rings. The summed E-state index contributed by atoms with van der Waals surface area (Å²) in [5.41, 5.74) is 0.203. The van der Waals surface area contributed by atoms with Crippen molar-refractivity contribution in [3.05, 3.63) is 63.5 Å². The van der Waals surface area contributed by atoms with Crippen LogP contribution in [0.3, 0.4) is 0 Å². The summed E-state index contributed by atoms with van der Waals surface area (Å²) in [5, 5.41) is 0.658. The van der Waals surface area contributed by atoms with E-state index in [1.165, 1.54) is 12.1 Å². The highest BCUT2D eigenvalue weighted by Crippen LogP contribution is 2.47. The van der Waals surface area contributed by atoms with Gasteiger partial charge in [-0.15, -0.1) is 0 Å². The van der Waals surface area contributed by atoms with Gasteiger partial charge in [-0.1, -0.05) is 11.6 Å². The molecule has 7 heteroatoms. The van der Waals surface area contributed by atoms with Crippen LogP contribution in [-0.2, 0) is 19.1 Å². The molecular weight excluding hydrogens is 400 g/mol. The van der Waals surface area contributed by atoms with Gasteiger partial charge in [-0.05, 0) is 59.7 Å². The van der Waals surface area contributed by atoms with Gasteiger partial charge in [0.1, 0.15) is 16.9 Å². The molecule has 2 atom stereocenters. The molecule has 7 nitrogen and oxygen atoms in total. The maximum atomic E-state index is 12.6. The van der Waals surface area contributed by atoms with Crippen molar-refractivity contribution in [1.29, 1.82) is 0 Å². The Balaban J connectivity index is 2.10. The summed E-state index contributed by atoms with van der Waals surface area (Å²) in [5.74, 6) is -0.680. The fourth-order valence-electron chi connectivity index (χ4n) is 3.39. The SMILES string of the molecule is CC=C(C)C(=O)OC1c2c(ccc3ccc(=O)oc23)OC1C(C)(C)OC(=O)C=C(C)C. The lowest BCUT2D eigenvalue weighted by Crippen LogP contribution is -2.46. The van der Waals surface area contributed by atoms with Crippen LogP contribution in [-0.4, -0.2) is 23.6 Å². The molecule has 2 heterocycles. The number of ether oxygens (including phenoxy) is 3. The lowest BCUT2D eigenvalue weighted by molar-refractivity contribution is -0.171. The number of rotatable bonds is 5. The molecule has 0 aliphatic carbocycles. The second-order valence-corrected chi connectivity index (χ2v) is 8.23. The topological polar surface area (TPSA) is 92.0 Å². The minimum absolute atomic E-state index is 0.273. The van der Waals surface area contributed by atoms with E-state index >= 15 is 0 Å². The zero-order chi connectivity index (χ0) is 22.9. The highest BCUT2D eigenvalue weighted by molar-refractivity contribution is 5.89. The number of carbonyl (C=O) groups is 2. The molecule has 1 aromatic heterocycles. The Kier molecular flexibility index (Phi) is 6.06. The second kappa shape index (κ2) is 8.41. The second-order valence-electron chi connectivity index (χ2n) is 8.23. The van der Waals surface area contributed by atoms with Gasteiger partial charge in [0.15, 0.2) is 12.2 Å². The average molecular weight is 426 g/mol. The Bertz CT molecular complexity index is 1150. The first-order chi connectivity index (χ1) is 14.5. The van der Waals surface area contributed by atoms with Gasteiger partial charge >= 0.3 is 17.6 Å². The number of hydrogen-bond donors (Lipinski definition) is 0. The summed E-state index contributed by atoms with van der Waals surface area (Å²) < 4.78 is 23.0. The maximum absolute atomic E-state index is 12.6. The van der Waals surface area contributed by atoms with Crippen molar-refractivity contribution in [3.63, 3.8) is 0 Å². The third-order valence-electron chi connectivity index (χ3n) is 5.05. The zero-order valence-corrected chi connectivity index (χ0v) is 18.5. The van der Waals surface area contributed by atoms with Gasteiger partial charge < -0.3 is 18.6 Å². The predicted molar refractivity (Wildman–Crippen MR) is 115 cm³/mol. The van der Waals surface area contributed by atoms with Crippen molar-refractivity contribution in [3.8, 4) is 5.75 Å². The van der Waals surface area contributed by atoms with Crippen LogP contribution >= 0.6 is 0 Å². The molecule has 0 N–H and O–H groups in total. The van der Waals surface area contributed by atoms with E-state index in [9.17, 15) is 14.4 Å². The summed E-state index contributed by atoms with van der Waals surface area (Å²) in [7, 11) is 0. The molecule has 2 aromatic rings. The van der Waals surface area contributed by atoms with E-state index in [4.69, 9.17) is 18.6 Å². The van der Waals surface area contributed by atoms with Crippen molar-refractivity contribution in [2.75, 3.05) is 0 Å². The molecule has 2 unspecified atom stereocenters. The molecule has 0 spiro atoms. The molecule has 164 valence electrons. The first-order valence-corrected chi connectivity index (χ1v) is 9.98. The number of hydrogen-bond acceptors (Lipinski definition) is 7. The first kappa shape index (κ1) is 22.3. The number of allylic oxidation sites excluding steroid dienone is 2. The Morgan fingerprint density at radius 3 is 2.42 bits per heavy atom. The summed E-state index contributed by atoms with van der Waals surface area (Å²) in [6.07, 6.45) is 1.20.